The molecule has 2 aromatic rings. The highest BCUT2D eigenvalue weighted by molar-refractivity contribution is 5.79. The number of hydrogen-bond acceptors (Lipinski definition) is 4. The maximum absolute atomic E-state index is 10.7. The Bertz CT molecular complexity index is 759. The standard InChI is InChI=1S/C21H23NO3/c1-24-20-14-19(22-11-3-4-12-22)21(25-2)13-18(20)10-9-16-5-7-17(15-23)8-6-16/h5-10,13-15H,3-4,11-12H2,1-2H3/b10-9+. The van der Waals surface area contributed by atoms with Crippen molar-refractivity contribution < 1.29 is 14.3 Å². The van der Waals surface area contributed by atoms with Crippen LogP contribution in [0.4, 0.5) is 5.69 Å². The van der Waals surface area contributed by atoms with Crippen molar-refractivity contribution in [2.45, 2.75) is 12.8 Å². The van der Waals surface area contributed by atoms with Crippen LogP contribution in [0.3, 0.4) is 0 Å². The first kappa shape index (κ1) is 17.1. The molecule has 25 heavy (non-hydrogen) atoms. The van der Waals surface area contributed by atoms with Gasteiger partial charge in [0.05, 0.1) is 19.9 Å². The largest absolute Gasteiger partial charge is 0.496 e. The zero-order valence-corrected chi connectivity index (χ0v) is 14.7. The summed E-state index contributed by atoms with van der Waals surface area (Å²) >= 11 is 0. The van der Waals surface area contributed by atoms with Gasteiger partial charge in [-0.1, -0.05) is 36.4 Å². The van der Waals surface area contributed by atoms with Crippen LogP contribution in [0.15, 0.2) is 36.4 Å². The number of aldehydes is 1. The Morgan fingerprint density at radius 1 is 0.880 bits per heavy atom. The van der Waals surface area contributed by atoms with Crippen molar-refractivity contribution in [1.29, 1.82) is 0 Å². The van der Waals surface area contributed by atoms with E-state index in [0.29, 0.717) is 5.56 Å². The average molecular weight is 337 g/mol. The van der Waals surface area contributed by atoms with E-state index in [4.69, 9.17) is 9.47 Å². The molecule has 1 saturated heterocycles. The second-order valence-electron chi connectivity index (χ2n) is 6.08. The summed E-state index contributed by atoms with van der Waals surface area (Å²) in [6, 6.07) is 11.5. The summed E-state index contributed by atoms with van der Waals surface area (Å²) in [5.74, 6) is 1.68. The van der Waals surface area contributed by atoms with Gasteiger partial charge in [-0.3, -0.25) is 4.79 Å². The third kappa shape index (κ3) is 3.85. The first-order chi connectivity index (χ1) is 12.2. The molecule has 3 rings (SSSR count). The first-order valence-electron chi connectivity index (χ1n) is 8.49. The molecule has 0 bridgehead atoms. The van der Waals surface area contributed by atoms with Crippen LogP contribution in [0.25, 0.3) is 12.2 Å². The third-order valence-electron chi connectivity index (χ3n) is 4.51. The van der Waals surface area contributed by atoms with Gasteiger partial charge in [-0.05, 0) is 24.5 Å². The normalized spacial score (nSPS) is 14.1. The van der Waals surface area contributed by atoms with Crippen molar-refractivity contribution in [2.75, 3.05) is 32.2 Å². The summed E-state index contributed by atoms with van der Waals surface area (Å²) in [6.45, 7) is 2.11. The summed E-state index contributed by atoms with van der Waals surface area (Å²) in [7, 11) is 3.39. The van der Waals surface area contributed by atoms with Crippen LogP contribution < -0.4 is 14.4 Å². The number of methoxy groups -OCH3 is 2. The Morgan fingerprint density at radius 3 is 2.12 bits per heavy atom. The molecular formula is C21H23NO3. The fraction of sp³-hybridized carbons (Fsp3) is 0.286. The lowest BCUT2D eigenvalue weighted by Crippen LogP contribution is -2.18. The van der Waals surface area contributed by atoms with Crippen LogP contribution >= 0.6 is 0 Å². The van der Waals surface area contributed by atoms with Gasteiger partial charge in [0.25, 0.3) is 0 Å². The first-order valence-corrected chi connectivity index (χ1v) is 8.49. The van der Waals surface area contributed by atoms with Gasteiger partial charge in [-0.25, -0.2) is 0 Å². The smallest absolute Gasteiger partial charge is 0.150 e. The van der Waals surface area contributed by atoms with Crippen LogP contribution in [-0.4, -0.2) is 33.6 Å². The average Bonchev–Trinajstić information content (AvgIpc) is 3.20. The molecule has 1 heterocycles. The van der Waals surface area contributed by atoms with Gasteiger partial charge in [-0.15, -0.1) is 0 Å². The van der Waals surface area contributed by atoms with E-state index >= 15 is 0 Å². The molecule has 1 fully saturated rings. The molecule has 130 valence electrons. The molecule has 0 aromatic heterocycles. The van der Waals surface area contributed by atoms with Crippen LogP contribution in [0.1, 0.15) is 34.3 Å². The van der Waals surface area contributed by atoms with Crippen LogP contribution in [0.2, 0.25) is 0 Å². The monoisotopic (exact) mass is 337 g/mol. The number of nitrogens with zero attached hydrogens (tertiary/aromatic N) is 1. The zero-order valence-electron chi connectivity index (χ0n) is 14.7. The van der Waals surface area contributed by atoms with E-state index in [1.807, 2.05) is 30.4 Å². The van der Waals surface area contributed by atoms with E-state index in [1.54, 1.807) is 26.4 Å². The third-order valence-corrected chi connectivity index (χ3v) is 4.51. The lowest BCUT2D eigenvalue weighted by Gasteiger charge is -2.22. The van der Waals surface area contributed by atoms with E-state index in [-0.39, 0.29) is 0 Å². The van der Waals surface area contributed by atoms with Gasteiger partial charge >= 0.3 is 0 Å². The van der Waals surface area contributed by atoms with Crippen molar-refractivity contribution in [3.63, 3.8) is 0 Å². The second kappa shape index (κ2) is 7.88. The molecule has 0 saturated carbocycles. The fourth-order valence-electron chi connectivity index (χ4n) is 3.11. The second-order valence-corrected chi connectivity index (χ2v) is 6.08. The van der Waals surface area contributed by atoms with Gasteiger partial charge in [0.1, 0.15) is 17.8 Å². The predicted molar refractivity (Wildman–Crippen MR) is 102 cm³/mol. The van der Waals surface area contributed by atoms with Crippen molar-refractivity contribution in [2.24, 2.45) is 0 Å². The van der Waals surface area contributed by atoms with Crippen molar-refractivity contribution in [3.05, 3.63) is 53.1 Å². The molecule has 0 amide bonds. The lowest BCUT2D eigenvalue weighted by atomic mass is 10.1. The maximum atomic E-state index is 10.7. The molecule has 1 aliphatic heterocycles. The maximum Gasteiger partial charge on any atom is 0.150 e. The summed E-state index contributed by atoms with van der Waals surface area (Å²) in [6.07, 6.45) is 7.28. The Kier molecular flexibility index (Phi) is 5.39. The molecular weight excluding hydrogens is 314 g/mol. The molecule has 2 aromatic carbocycles. The number of benzene rings is 2. The van der Waals surface area contributed by atoms with Gasteiger partial charge in [0, 0.05) is 30.3 Å². The Balaban J connectivity index is 1.91. The SMILES string of the molecule is COc1cc(N2CCCC2)c(OC)cc1/C=C/c1ccc(C=O)cc1. The van der Waals surface area contributed by atoms with Crippen molar-refractivity contribution >= 4 is 24.1 Å². The van der Waals surface area contributed by atoms with Gasteiger partial charge < -0.3 is 14.4 Å². The van der Waals surface area contributed by atoms with E-state index in [0.717, 1.165) is 47.7 Å². The number of anilines is 1. The van der Waals surface area contributed by atoms with Crippen LogP contribution in [0.5, 0.6) is 11.5 Å². The zero-order chi connectivity index (χ0) is 17.6. The Morgan fingerprint density at radius 2 is 1.52 bits per heavy atom. The number of ether oxygens (including phenoxy) is 2. The minimum Gasteiger partial charge on any atom is -0.496 e. The van der Waals surface area contributed by atoms with Crippen LogP contribution in [-0.2, 0) is 0 Å². The fourth-order valence-corrected chi connectivity index (χ4v) is 3.11. The van der Waals surface area contributed by atoms with Gasteiger partial charge in [0.15, 0.2) is 0 Å². The minimum atomic E-state index is 0.673. The molecule has 4 nitrogen and oxygen atoms in total. The number of hydrogen-bond donors (Lipinski definition) is 0. The minimum absolute atomic E-state index is 0.673. The molecule has 0 aliphatic carbocycles. The summed E-state index contributed by atoms with van der Waals surface area (Å²) in [5, 5.41) is 0. The lowest BCUT2D eigenvalue weighted by molar-refractivity contribution is 0.112. The van der Waals surface area contributed by atoms with Crippen molar-refractivity contribution in [3.8, 4) is 11.5 Å². The number of rotatable bonds is 6. The van der Waals surface area contributed by atoms with E-state index in [2.05, 4.69) is 11.0 Å². The highest BCUT2D eigenvalue weighted by Gasteiger charge is 2.18. The quantitative estimate of drug-likeness (QED) is 0.582. The Labute approximate surface area is 148 Å². The molecule has 0 unspecified atom stereocenters. The summed E-state index contributed by atoms with van der Waals surface area (Å²) in [4.78, 5) is 13.1. The molecule has 0 spiro atoms. The topological polar surface area (TPSA) is 38.8 Å². The molecule has 4 heteroatoms. The van der Waals surface area contributed by atoms with E-state index < -0.39 is 0 Å². The van der Waals surface area contributed by atoms with E-state index in [1.165, 1.54) is 12.8 Å². The summed E-state index contributed by atoms with van der Waals surface area (Å²) < 4.78 is 11.2. The highest BCUT2D eigenvalue weighted by Crippen LogP contribution is 2.37. The van der Waals surface area contributed by atoms with Gasteiger partial charge in [-0.2, -0.15) is 0 Å². The number of carbonyl (C=O) groups is 1. The predicted octanol–water partition coefficient (Wildman–Crippen LogP) is 4.29. The number of carbonyl (C=O) groups excluding carboxylic acids is 1. The van der Waals surface area contributed by atoms with Crippen molar-refractivity contribution in [1.82, 2.24) is 0 Å². The molecule has 0 atom stereocenters. The van der Waals surface area contributed by atoms with Crippen LogP contribution in [0, 0.1) is 0 Å². The molecule has 0 radical (unpaired) electrons. The summed E-state index contributed by atoms with van der Waals surface area (Å²) in [5.41, 5.74) is 3.74. The molecule has 0 N–H and O–H groups in total. The Hall–Kier alpha value is -2.75. The highest BCUT2D eigenvalue weighted by atomic mass is 16.5. The van der Waals surface area contributed by atoms with Gasteiger partial charge in [0.2, 0.25) is 0 Å². The van der Waals surface area contributed by atoms with E-state index in [9.17, 15) is 4.79 Å². The molecule has 1 aliphatic rings.